The molecule has 2 saturated heterocycles. The number of amides is 2. The van der Waals surface area contributed by atoms with Gasteiger partial charge in [-0.15, -0.1) is 0 Å². The van der Waals surface area contributed by atoms with Gasteiger partial charge in [-0.2, -0.15) is 0 Å². The van der Waals surface area contributed by atoms with Crippen LogP contribution in [0.3, 0.4) is 0 Å². The molecule has 10 heteroatoms. The summed E-state index contributed by atoms with van der Waals surface area (Å²) in [5, 5.41) is 12.2. The quantitative estimate of drug-likeness (QED) is 0.411. The van der Waals surface area contributed by atoms with Crippen molar-refractivity contribution in [3.05, 3.63) is 54.6 Å². The fourth-order valence-electron chi connectivity index (χ4n) is 4.93. The number of anilines is 2. The molecule has 0 atom stereocenters. The smallest absolute Gasteiger partial charge is 0.265 e. The summed E-state index contributed by atoms with van der Waals surface area (Å²) in [6.07, 6.45) is 1.62. The zero-order valence-electron chi connectivity index (χ0n) is 19.8. The lowest BCUT2D eigenvalue weighted by molar-refractivity contribution is -0.133. The molecule has 2 amide bonds. The highest BCUT2D eigenvalue weighted by atomic mass is 32.2. The number of benzene rings is 2. The Kier molecular flexibility index (Phi) is 7.44. The van der Waals surface area contributed by atoms with E-state index in [1.165, 1.54) is 12.1 Å². The van der Waals surface area contributed by atoms with Gasteiger partial charge in [0.25, 0.3) is 5.91 Å². The van der Waals surface area contributed by atoms with Gasteiger partial charge in [0.05, 0.1) is 4.90 Å². The summed E-state index contributed by atoms with van der Waals surface area (Å²) in [4.78, 5) is 29.3. The van der Waals surface area contributed by atoms with Gasteiger partial charge in [0.15, 0.2) is 14.6 Å². The highest BCUT2D eigenvalue weighted by Gasteiger charge is 2.52. The van der Waals surface area contributed by atoms with Gasteiger partial charge in [0.2, 0.25) is 5.91 Å². The molecule has 4 rings (SSSR count). The number of sulfone groups is 1. The third-order valence-corrected chi connectivity index (χ3v) is 9.76. The van der Waals surface area contributed by atoms with Crippen molar-refractivity contribution >= 4 is 33.0 Å². The molecule has 0 saturated carbocycles. The van der Waals surface area contributed by atoms with Crippen LogP contribution < -0.4 is 15.7 Å². The first-order valence-electron chi connectivity index (χ1n) is 11.9. The number of nitrogens with zero attached hydrogens (tertiary/aromatic N) is 2. The summed E-state index contributed by atoms with van der Waals surface area (Å²) in [7, 11) is -2.15. The van der Waals surface area contributed by atoms with E-state index < -0.39 is 20.5 Å². The fraction of sp³-hybridized carbons (Fsp3) is 0.440. The molecule has 0 aromatic heterocycles. The third-order valence-electron chi connectivity index (χ3n) is 7.24. The zero-order chi connectivity index (χ0) is 25.1. The van der Waals surface area contributed by atoms with Gasteiger partial charge in [-0.05, 0) is 82.2 Å². The fourth-order valence-corrected chi connectivity index (χ4v) is 6.88. The van der Waals surface area contributed by atoms with Crippen LogP contribution >= 0.6 is 0 Å². The van der Waals surface area contributed by atoms with Gasteiger partial charge in [-0.25, -0.2) is 13.9 Å². The molecule has 0 radical (unpaired) electrons. The number of para-hydroxylation sites is 1. The lowest BCUT2D eigenvalue weighted by Crippen LogP contribution is -2.57. The number of piperidine rings is 2. The first-order valence-corrected chi connectivity index (χ1v) is 13.3. The molecular formula is C25H32N4O5S. The number of hydrogen-bond donors (Lipinski definition) is 3. The van der Waals surface area contributed by atoms with Crippen LogP contribution in [0.15, 0.2) is 59.5 Å². The molecule has 3 N–H and O–H groups in total. The summed E-state index contributed by atoms with van der Waals surface area (Å²) in [5.41, 5.74) is 3.24. The van der Waals surface area contributed by atoms with Crippen LogP contribution in [0.5, 0.6) is 0 Å². The summed E-state index contributed by atoms with van der Waals surface area (Å²) in [5.74, 6) is -0.944. The van der Waals surface area contributed by atoms with Crippen LogP contribution in [0.2, 0.25) is 0 Å². The number of nitrogens with one attached hydrogen (secondary N) is 2. The number of carbonyl (C=O) groups excluding carboxylic acids is 2. The number of carbonyl (C=O) groups is 2. The highest BCUT2D eigenvalue weighted by molar-refractivity contribution is 7.93. The highest BCUT2D eigenvalue weighted by Crippen LogP contribution is 2.36. The van der Waals surface area contributed by atoms with E-state index in [0.29, 0.717) is 39.0 Å². The predicted octanol–water partition coefficient (Wildman–Crippen LogP) is 2.29. The van der Waals surface area contributed by atoms with Crippen molar-refractivity contribution < 1.29 is 23.2 Å². The van der Waals surface area contributed by atoms with Gasteiger partial charge in [0.1, 0.15) is 0 Å². The second kappa shape index (κ2) is 10.3. The van der Waals surface area contributed by atoms with Crippen LogP contribution in [-0.4, -0.2) is 68.3 Å². The predicted molar refractivity (Wildman–Crippen MR) is 133 cm³/mol. The topological polar surface area (TPSA) is 119 Å². The molecule has 35 heavy (non-hydrogen) atoms. The van der Waals surface area contributed by atoms with Gasteiger partial charge in [-0.1, -0.05) is 18.2 Å². The average Bonchev–Trinajstić information content (AvgIpc) is 2.89. The van der Waals surface area contributed by atoms with E-state index in [-0.39, 0.29) is 29.6 Å². The molecule has 2 fully saturated rings. The van der Waals surface area contributed by atoms with Crippen molar-refractivity contribution in [1.29, 1.82) is 0 Å². The summed E-state index contributed by atoms with van der Waals surface area (Å²) in [6.45, 7) is 2.25. The minimum absolute atomic E-state index is 0.0166. The standard InChI is InChI=1S/C25H32N4O5S/c1-28-17-13-25(14-18-28,24(31)27-32)35(33,34)22-9-7-21(8-10-22)29-15-11-19(12-16-29)23(30)26-20-5-3-2-4-6-20/h2-10,19,32H,11-18H2,1H3,(H,26,30)(H,27,31). The minimum atomic E-state index is -4.03. The molecule has 0 bridgehead atoms. The van der Waals surface area contributed by atoms with Crippen molar-refractivity contribution in [3.8, 4) is 0 Å². The lowest BCUT2D eigenvalue weighted by Gasteiger charge is -2.38. The van der Waals surface area contributed by atoms with Crippen molar-refractivity contribution in [3.63, 3.8) is 0 Å². The third kappa shape index (κ3) is 5.05. The van der Waals surface area contributed by atoms with Gasteiger partial charge >= 0.3 is 0 Å². The van der Waals surface area contributed by atoms with E-state index in [0.717, 1.165) is 11.4 Å². The molecule has 2 aliphatic heterocycles. The van der Waals surface area contributed by atoms with Crippen molar-refractivity contribution in [2.24, 2.45) is 5.92 Å². The molecule has 2 heterocycles. The Morgan fingerprint density at radius 3 is 2.11 bits per heavy atom. The summed E-state index contributed by atoms with van der Waals surface area (Å²) >= 11 is 0. The number of rotatable bonds is 6. The molecular weight excluding hydrogens is 468 g/mol. The second-order valence-corrected chi connectivity index (χ2v) is 11.6. The van der Waals surface area contributed by atoms with Crippen LogP contribution in [0.25, 0.3) is 0 Å². The monoisotopic (exact) mass is 500 g/mol. The van der Waals surface area contributed by atoms with Crippen LogP contribution in [0.1, 0.15) is 25.7 Å². The Bertz CT molecular complexity index is 1140. The van der Waals surface area contributed by atoms with Crippen LogP contribution in [-0.2, 0) is 19.4 Å². The maximum atomic E-state index is 13.5. The van der Waals surface area contributed by atoms with E-state index >= 15 is 0 Å². The summed E-state index contributed by atoms with van der Waals surface area (Å²) in [6, 6.07) is 15.9. The lowest BCUT2D eigenvalue weighted by atomic mass is 9.95. The summed E-state index contributed by atoms with van der Waals surface area (Å²) < 4.78 is 25.4. The minimum Gasteiger partial charge on any atom is -0.371 e. The van der Waals surface area contributed by atoms with Crippen molar-refractivity contribution in [2.45, 2.75) is 35.3 Å². The Morgan fingerprint density at radius 2 is 1.54 bits per heavy atom. The van der Waals surface area contributed by atoms with E-state index in [2.05, 4.69) is 10.2 Å². The molecule has 188 valence electrons. The normalized spacial score (nSPS) is 19.2. The first kappa shape index (κ1) is 25.2. The van der Waals surface area contributed by atoms with E-state index in [1.54, 1.807) is 17.6 Å². The molecule has 2 aromatic carbocycles. The zero-order valence-corrected chi connectivity index (χ0v) is 20.6. The Morgan fingerprint density at radius 1 is 0.943 bits per heavy atom. The number of hydrogen-bond acceptors (Lipinski definition) is 7. The SMILES string of the molecule is CN1CCC(C(=O)NO)(S(=O)(=O)c2ccc(N3CCC(C(=O)Nc4ccccc4)CC3)cc2)CC1. The van der Waals surface area contributed by atoms with E-state index in [4.69, 9.17) is 0 Å². The Hall–Kier alpha value is -2.95. The number of hydroxylamine groups is 1. The van der Waals surface area contributed by atoms with Gasteiger partial charge in [-0.3, -0.25) is 14.8 Å². The molecule has 0 spiro atoms. The van der Waals surface area contributed by atoms with E-state index in [9.17, 15) is 23.2 Å². The maximum Gasteiger partial charge on any atom is 0.265 e. The molecule has 2 aromatic rings. The Balaban J connectivity index is 1.42. The first-order chi connectivity index (χ1) is 16.8. The van der Waals surface area contributed by atoms with Crippen LogP contribution in [0, 0.1) is 5.92 Å². The Labute approximate surface area is 206 Å². The van der Waals surface area contributed by atoms with Gasteiger partial charge in [0, 0.05) is 30.4 Å². The molecule has 0 aliphatic carbocycles. The molecule has 2 aliphatic rings. The van der Waals surface area contributed by atoms with Gasteiger partial charge < -0.3 is 15.1 Å². The maximum absolute atomic E-state index is 13.5. The molecule has 0 unspecified atom stereocenters. The van der Waals surface area contributed by atoms with Crippen molar-refractivity contribution in [2.75, 3.05) is 43.4 Å². The second-order valence-electron chi connectivity index (χ2n) is 9.35. The van der Waals surface area contributed by atoms with Crippen LogP contribution in [0.4, 0.5) is 11.4 Å². The van der Waals surface area contributed by atoms with E-state index in [1.807, 2.05) is 42.3 Å². The number of likely N-dealkylation sites (tertiary alicyclic amines) is 1. The average molecular weight is 501 g/mol. The molecule has 9 nitrogen and oxygen atoms in total. The largest absolute Gasteiger partial charge is 0.371 e. The van der Waals surface area contributed by atoms with Crippen molar-refractivity contribution in [1.82, 2.24) is 10.4 Å².